The van der Waals surface area contributed by atoms with Crippen LogP contribution in [-0.4, -0.2) is 33.0 Å². The summed E-state index contributed by atoms with van der Waals surface area (Å²) >= 11 is 0. The number of imidazole rings is 1. The number of rotatable bonds is 4. The van der Waals surface area contributed by atoms with E-state index in [1.54, 1.807) is 4.90 Å². The lowest BCUT2D eigenvalue weighted by molar-refractivity contribution is -0.117. The molecule has 1 aromatic carbocycles. The van der Waals surface area contributed by atoms with Gasteiger partial charge in [0.05, 0.1) is 30.5 Å². The summed E-state index contributed by atoms with van der Waals surface area (Å²) in [4.78, 5) is 18.6. The van der Waals surface area contributed by atoms with Crippen LogP contribution in [0.4, 0.5) is 5.69 Å². The maximum Gasteiger partial charge on any atom is 0.229 e. The largest absolute Gasteiger partial charge is 0.485 e. The summed E-state index contributed by atoms with van der Waals surface area (Å²) in [6.07, 6.45) is 1.42. The average molecular weight is 416 g/mol. The van der Waals surface area contributed by atoms with E-state index in [0.29, 0.717) is 24.6 Å². The van der Waals surface area contributed by atoms with Gasteiger partial charge in [0, 0.05) is 18.0 Å². The van der Waals surface area contributed by atoms with Gasteiger partial charge in [-0.15, -0.1) is 12.4 Å². The fourth-order valence-electron chi connectivity index (χ4n) is 3.75. The molecule has 0 bridgehead atoms. The summed E-state index contributed by atoms with van der Waals surface area (Å²) < 4.78 is 8.17. The van der Waals surface area contributed by atoms with Gasteiger partial charge in [0.25, 0.3) is 0 Å². The third-order valence-corrected chi connectivity index (χ3v) is 5.58. The highest BCUT2D eigenvalue weighted by Crippen LogP contribution is 2.31. The third kappa shape index (κ3) is 3.82. The molecule has 3 aromatic rings. The van der Waals surface area contributed by atoms with Gasteiger partial charge in [0.2, 0.25) is 5.91 Å². The molecule has 0 spiro atoms. The Morgan fingerprint density at radius 3 is 2.52 bits per heavy atom. The number of halogens is 1. The van der Waals surface area contributed by atoms with Crippen molar-refractivity contribution in [3.8, 4) is 5.75 Å². The molecule has 154 valence electrons. The van der Waals surface area contributed by atoms with Gasteiger partial charge < -0.3 is 14.7 Å². The highest BCUT2D eigenvalue weighted by atomic mass is 35.5. The van der Waals surface area contributed by atoms with Crippen molar-refractivity contribution in [2.45, 2.75) is 46.8 Å². The molecular formula is C22H26ClN3O3. The Balaban J connectivity index is 0.00000240. The van der Waals surface area contributed by atoms with E-state index in [1.165, 1.54) is 11.1 Å². The summed E-state index contributed by atoms with van der Waals surface area (Å²) in [5.41, 5.74) is 6.88. The van der Waals surface area contributed by atoms with Crippen molar-refractivity contribution in [1.82, 2.24) is 9.38 Å². The zero-order valence-corrected chi connectivity index (χ0v) is 17.9. The summed E-state index contributed by atoms with van der Waals surface area (Å²) in [7, 11) is 0. The molecule has 3 heterocycles. The lowest BCUT2D eigenvalue weighted by Crippen LogP contribution is -2.25. The minimum atomic E-state index is -0.632. The fourth-order valence-corrected chi connectivity index (χ4v) is 3.75. The maximum atomic E-state index is 12.3. The molecule has 0 radical (unpaired) electrons. The predicted molar refractivity (Wildman–Crippen MR) is 115 cm³/mol. The molecule has 0 unspecified atom stereocenters. The number of fused-ring (bicyclic) bond motifs is 1. The number of β-amino-alcohol motifs (C(OH)–C–C–N with tert-alkyl or cyclic N) is 1. The summed E-state index contributed by atoms with van der Waals surface area (Å²) in [6.45, 7) is 8.83. The number of amides is 1. The number of anilines is 1. The van der Waals surface area contributed by atoms with Gasteiger partial charge in [-0.3, -0.25) is 9.20 Å². The molecular weight excluding hydrogens is 390 g/mol. The molecule has 1 atom stereocenters. The van der Waals surface area contributed by atoms with Crippen molar-refractivity contribution in [3.05, 3.63) is 58.5 Å². The zero-order chi connectivity index (χ0) is 20.0. The first-order valence-corrected chi connectivity index (χ1v) is 9.50. The Kier molecular flexibility index (Phi) is 5.87. The number of aliphatic hydroxyl groups is 1. The molecule has 1 N–H and O–H groups in total. The van der Waals surface area contributed by atoms with Crippen molar-refractivity contribution >= 4 is 29.6 Å². The smallest absolute Gasteiger partial charge is 0.229 e. The first kappa shape index (κ1) is 21.1. The molecule has 1 amide bonds. The van der Waals surface area contributed by atoms with Gasteiger partial charge in [0.1, 0.15) is 6.61 Å². The number of hydrogen-bond acceptors (Lipinski definition) is 4. The first-order chi connectivity index (χ1) is 13.3. The number of hydrogen-bond donors (Lipinski definition) is 1. The molecule has 1 aliphatic rings. The fraction of sp³-hybridized carbons (Fsp3) is 0.364. The third-order valence-electron chi connectivity index (χ3n) is 5.58. The lowest BCUT2D eigenvalue weighted by atomic mass is 10.0. The van der Waals surface area contributed by atoms with Gasteiger partial charge in [0.15, 0.2) is 11.4 Å². The van der Waals surface area contributed by atoms with Crippen LogP contribution in [-0.2, 0) is 11.4 Å². The second-order valence-corrected chi connectivity index (χ2v) is 7.56. The summed E-state index contributed by atoms with van der Waals surface area (Å²) in [5.74, 6) is 0.549. The monoisotopic (exact) mass is 415 g/mol. The van der Waals surface area contributed by atoms with Crippen molar-refractivity contribution < 1.29 is 14.6 Å². The number of aliphatic hydroxyl groups excluding tert-OH is 1. The average Bonchev–Trinajstić information content (AvgIpc) is 3.13. The molecule has 0 aliphatic carbocycles. The lowest BCUT2D eigenvalue weighted by Gasteiger charge is -2.19. The van der Waals surface area contributed by atoms with Crippen LogP contribution in [0.1, 0.15) is 34.5 Å². The standard InChI is InChI=1S/C22H25N3O3.ClH/c1-13-6-5-7-14(2)19(13)12-28-20-8-17(25-11-18(26)9-21(25)27)10-24-16(4)15(3)23-22(20)24;/h5-8,10,18,26H,9,11-12H2,1-4H3;1H/t18-;/m0./s1. The Hall–Kier alpha value is -2.57. The first-order valence-electron chi connectivity index (χ1n) is 9.50. The van der Waals surface area contributed by atoms with E-state index in [1.807, 2.05) is 36.6 Å². The molecule has 1 aliphatic heterocycles. The molecule has 2 aromatic heterocycles. The van der Waals surface area contributed by atoms with Gasteiger partial charge >= 0.3 is 0 Å². The van der Waals surface area contributed by atoms with E-state index < -0.39 is 6.10 Å². The van der Waals surface area contributed by atoms with Crippen LogP contribution in [0.5, 0.6) is 5.75 Å². The van der Waals surface area contributed by atoms with Crippen LogP contribution in [0.25, 0.3) is 5.65 Å². The van der Waals surface area contributed by atoms with Crippen molar-refractivity contribution in [1.29, 1.82) is 0 Å². The van der Waals surface area contributed by atoms with E-state index in [0.717, 1.165) is 22.6 Å². The predicted octanol–water partition coefficient (Wildman–Crippen LogP) is 3.67. The quantitative estimate of drug-likeness (QED) is 0.706. The number of nitrogens with zero attached hydrogens (tertiary/aromatic N) is 3. The Bertz CT molecular complexity index is 1060. The minimum Gasteiger partial charge on any atom is -0.485 e. The van der Waals surface area contributed by atoms with E-state index in [-0.39, 0.29) is 24.7 Å². The highest BCUT2D eigenvalue weighted by Gasteiger charge is 2.30. The number of carbonyl (C=O) groups is 1. The zero-order valence-electron chi connectivity index (χ0n) is 17.1. The van der Waals surface area contributed by atoms with E-state index in [9.17, 15) is 9.90 Å². The van der Waals surface area contributed by atoms with Gasteiger partial charge in [-0.1, -0.05) is 18.2 Å². The number of benzene rings is 1. The van der Waals surface area contributed by atoms with Crippen LogP contribution in [0.2, 0.25) is 0 Å². The van der Waals surface area contributed by atoms with E-state index in [2.05, 4.69) is 31.0 Å². The van der Waals surface area contributed by atoms with Crippen LogP contribution in [0, 0.1) is 27.7 Å². The molecule has 29 heavy (non-hydrogen) atoms. The van der Waals surface area contributed by atoms with Gasteiger partial charge in [-0.2, -0.15) is 0 Å². The van der Waals surface area contributed by atoms with Crippen molar-refractivity contribution in [3.63, 3.8) is 0 Å². The Morgan fingerprint density at radius 1 is 1.21 bits per heavy atom. The van der Waals surface area contributed by atoms with Crippen molar-refractivity contribution in [2.24, 2.45) is 0 Å². The normalized spacial score (nSPS) is 16.4. The van der Waals surface area contributed by atoms with Crippen LogP contribution >= 0.6 is 12.4 Å². The molecule has 1 fully saturated rings. The van der Waals surface area contributed by atoms with E-state index in [4.69, 9.17) is 4.74 Å². The van der Waals surface area contributed by atoms with Crippen LogP contribution in [0.3, 0.4) is 0 Å². The molecule has 4 rings (SSSR count). The van der Waals surface area contributed by atoms with Crippen LogP contribution in [0.15, 0.2) is 30.5 Å². The number of ether oxygens (including phenoxy) is 1. The topological polar surface area (TPSA) is 67.1 Å². The second-order valence-electron chi connectivity index (χ2n) is 7.56. The van der Waals surface area contributed by atoms with Gasteiger partial charge in [-0.25, -0.2) is 4.98 Å². The molecule has 1 saturated heterocycles. The van der Waals surface area contributed by atoms with Crippen LogP contribution < -0.4 is 9.64 Å². The molecule has 6 nitrogen and oxygen atoms in total. The number of aryl methyl sites for hydroxylation is 4. The highest BCUT2D eigenvalue weighted by molar-refractivity contribution is 5.96. The van der Waals surface area contributed by atoms with Gasteiger partial charge in [-0.05, 0) is 44.4 Å². The van der Waals surface area contributed by atoms with Crippen molar-refractivity contribution in [2.75, 3.05) is 11.4 Å². The number of aromatic nitrogens is 2. The number of carbonyl (C=O) groups excluding carboxylic acids is 1. The van der Waals surface area contributed by atoms with E-state index >= 15 is 0 Å². The Labute approximate surface area is 176 Å². The maximum absolute atomic E-state index is 12.3. The Morgan fingerprint density at radius 2 is 1.90 bits per heavy atom. The minimum absolute atomic E-state index is 0. The SMILES string of the molecule is Cc1cccc(C)c1COc1cc(N2C[C@@H](O)CC2=O)cn2c(C)c(C)nc12.Cl. The second kappa shape index (κ2) is 8.05. The molecule has 0 saturated carbocycles. The molecule has 7 heteroatoms. The number of pyridine rings is 1. The summed E-state index contributed by atoms with van der Waals surface area (Å²) in [6, 6.07) is 8.04. The summed E-state index contributed by atoms with van der Waals surface area (Å²) in [5, 5.41) is 9.87.